The van der Waals surface area contributed by atoms with Gasteiger partial charge in [0.05, 0.1) is 6.10 Å². The molecule has 1 aromatic rings. The third-order valence-corrected chi connectivity index (χ3v) is 6.82. The van der Waals surface area contributed by atoms with Crippen molar-refractivity contribution in [1.82, 2.24) is 15.1 Å². The second kappa shape index (κ2) is 9.92. The van der Waals surface area contributed by atoms with Crippen LogP contribution in [0, 0.1) is 5.92 Å². The number of likely N-dealkylation sites (tertiary alicyclic amines) is 2. The summed E-state index contributed by atoms with van der Waals surface area (Å²) >= 11 is 0. The second-order valence-electron chi connectivity index (χ2n) is 8.87. The number of hydrogen-bond donors (Lipinski definition) is 2. The molecular formula is C23H35N3O3. The molecule has 1 atom stereocenters. The Morgan fingerprint density at radius 3 is 2.59 bits per heavy atom. The maximum Gasteiger partial charge on any atom is 0.223 e. The average molecular weight is 402 g/mol. The molecule has 0 aliphatic carbocycles. The number of carbonyl (C=O) groups excluding carboxylic acids is 1. The average Bonchev–Trinajstić information content (AvgIpc) is 3.26. The normalized spacial score (nSPS) is 25.3. The zero-order valence-electron chi connectivity index (χ0n) is 17.4. The van der Waals surface area contributed by atoms with Gasteiger partial charge in [0, 0.05) is 31.7 Å². The van der Waals surface area contributed by atoms with Gasteiger partial charge in [-0.25, -0.2) is 0 Å². The monoisotopic (exact) mass is 401 g/mol. The van der Waals surface area contributed by atoms with Gasteiger partial charge < -0.3 is 20.1 Å². The van der Waals surface area contributed by atoms with Crippen molar-refractivity contribution in [2.24, 2.45) is 5.92 Å². The van der Waals surface area contributed by atoms with Crippen LogP contribution in [-0.2, 0) is 16.1 Å². The summed E-state index contributed by atoms with van der Waals surface area (Å²) in [6, 6.07) is 8.23. The summed E-state index contributed by atoms with van der Waals surface area (Å²) in [5, 5.41) is 12.8. The Morgan fingerprint density at radius 1 is 1.10 bits per heavy atom. The minimum Gasteiger partial charge on any atom is -0.508 e. The molecule has 0 spiro atoms. The molecule has 3 fully saturated rings. The van der Waals surface area contributed by atoms with E-state index in [4.69, 9.17) is 4.74 Å². The number of rotatable bonds is 6. The van der Waals surface area contributed by atoms with Gasteiger partial charge in [-0.1, -0.05) is 12.1 Å². The molecular weight excluding hydrogens is 366 g/mol. The molecule has 6 heteroatoms. The van der Waals surface area contributed by atoms with Crippen LogP contribution in [0.1, 0.15) is 44.1 Å². The number of hydrogen-bond acceptors (Lipinski definition) is 5. The molecule has 4 rings (SSSR count). The molecule has 3 saturated heterocycles. The van der Waals surface area contributed by atoms with Crippen molar-refractivity contribution in [3.05, 3.63) is 29.8 Å². The van der Waals surface area contributed by atoms with Crippen molar-refractivity contribution >= 4 is 5.91 Å². The molecule has 2 N–H and O–H groups in total. The molecule has 0 saturated carbocycles. The van der Waals surface area contributed by atoms with Crippen LogP contribution >= 0.6 is 0 Å². The van der Waals surface area contributed by atoms with Gasteiger partial charge in [-0.2, -0.15) is 0 Å². The summed E-state index contributed by atoms with van der Waals surface area (Å²) in [6.45, 7) is 6.70. The molecule has 6 nitrogen and oxygen atoms in total. The third kappa shape index (κ3) is 5.71. The predicted octanol–water partition coefficient (Wildman–Crippen LogP) is 2.36. The molecule has 0 bridgehead atoms. The van der Waals surface area contributed by atoms with Crippen molar-refractivity contribution in [2.45, 2.75) is 57.2 Å². The van der Waals surface area contributed by atoms with Crippen LogP contribution < -0.4 is 5.32 Å². The standard InChI is InChI=1S/C23H35N3O3/c27-21-4-1-3-18(15-21)17-25-10-8-20(9-11-25)26-12-6-19(7-13-26)23(28)24-16-22-5-2-14-29-22/h1,3-4,15,19-20,22,27H,2,5-14,16-17H2,(H,24,28). The smallest absolute Gasteiger partial charge is 0.223 e. The summed E-state index contributed by atoms with van der Waals surface area (Å²) < 4.78 is 5.60. The topological polar surface area (TPSA) is 65.0 Å². The summed E-state index contributed by atoms with van der Waals surface area (Å²) in [6.07, 6.45) is 6.74. The molecule has 3 aliphatic rings. The first-order chi connectivity index (χ1) is 14.2. The van der Waals surface area contributed by atoms with Crippen molar-refractivity contribution in [2.75, 3.05) is 39.3 Å². The Labute approximate surface area is 174 Å². The van der Waals surface area contributed by atoms with E-state index in [1.165, 1.54) is 18.4 Å². The highest BCUT2D eigenvalue weighted by Crippen LogP contribution is 2.25. The van der Waals surface area contributed by atoms with Crippen molar-refractivity contribution in [3.8, 4) is 5.75 Å². The highest BCUT2D eigenvalue weighted by Gasteiger charge is 2.31. The van der Waals surface area contributed by atoms with Gasteiger partial charge in [0.1, 0.15) is 5.75 Å². The Bertz CT molecular complexity index is 661. The summed E-state index contributed by atoms with van der Waals surface area (Å²) in [5.41, 5.74) is 1.18. The van der Waals surface area contributed by atoms with E-state index < -0.39 is 0 Å². The lowest BCUT2D eigenvalue weighted by atomic mass is 9.92. The highest BCUT2D eigenvalue weighted by molar-refractivity contribution is 5.78. The fraction of sp³-hybridized carbons (Fsp3) is 0.696. The number of phenolic OH excluding ortho intramolecular Hbond substituents is 1. The maximum absolute atomic E-state index is 12.5. The third-order valence-electron chi connectivity index (χ3n) is 6.82. The summed E-state index contributed by atoms with van der Waals surface area (Å²) in [4.78, 5) is 17.6. The van der Waals surface area contributed by atoms with E-state index in [2.05, 4.69) is 21.2 Å². The molecule has 1 aromatic carbocycles. The largest absolute Gasteiger partial charge is 0.508 e. The van der Waals surface area contributed by atoms with Crippen LogP contribution in [0.3, 0.4) is 0 Å². The van der Waals surface area contributed by atoms with Crippen LogP contribution in [0.25, 0.3) is 0 Å². The summed E-state index contributed by atoms with van der Waals surface area (Å²) in [7, 11) is 0. The molecule has 1 amide bonds. The Morgan fingerprint density at radius 2 is 1.90 bits per heavy atom. The maximum atomic E-state index is 12.5. The molecule has 3 heterocycles. The lowest BCUT2D eigenvalue weighted by Gasteiger charge is -2.41. The van der Waals surface area contributed by atoms with Gasteiger partial charge in [0.25, 0.3) is 0 Å². The number of benzene rings is 1. The zero-order valence-corrected chi connectivity index (χ0v) is 17.4. The number of phenols is 1. The molecule has 0 aromatic heterocycles. The number of nitrogens with one attached hydrogen (secondary N) is 1. The minimum absolute atomic E-state index is 0.165. The van der Waals surface area contributed by atoms with Gasteiger partial charge in [0.15, 0.2) is 0 Å². The Hall–Kier alpha value is -1.63. The van der Waals surface area contributed by atoms with Crippen LogP contribution in [-0.4, -0.2) is 72.3 Å². The SMILES string of the molecule is O=C(NCC1CCCO1)C1CCN(C2CCN(Cc3cccc(O)c3)CC2)CC1. The first-order valence-corrected chi connectivity index (χ1v) is 11.3. The van der Waals surface area contributed by atoms with E-state index in [1.54, 1.807) is 6.07 Å². The molecule has 29 heavy (non-hydrogen) atoms. The second-order valence-corrected chi connectivity index (χ2v) is 8.87. The van der Waals surface area contributed by atoms with E-state index in [1.807, 2.05) is 12.1 Å². The number of carbonyl (C=O) groups is 1. The molecule has 0 radical (unpaired) electrons. The van der Waals surface area contributed by atoms with E-state index in [-0.39, 0.29) is 17.9 Å². The van der Waals surface area contributed by atoms with Gasteiger partial charge in [-0.15, -0.1) is 0 Å². The number of aromatic hydroxyl groups is 1. The van der Waals surface area contributed by atoms with E-state index >= 15 is 0 Å². The number of amides is 1. The fourth-order valence-electron chi connectivity index (χ4n) is 5.05. The number of ether oxygens (including phenoxy) is 1. The fourth-order valence-corrected chi connectivity index (χ4v) is 5.05. The number of piperidine rings is 2. The molecule has 1 unspecified atom stereocenters. The van der Waals surface area contributed by atoms with E-state index in [9.17, 15) is 9.90 Å². The Balaban J connectivity index is 1.15. The minimum atomic E-state index is 0.165. The van der Waals surface area contributed by atoms with Gasteiger partial charge in [-0.05, 0) is 82.4 Å². The van der Waals surface area contributed by atoms with Crippen LogP contribution in [0.2, 0.25) is 0 Å². The van der Waals surface area contributed by atoms with Gasteiger partial charge >= 0.3 is 0 Å². The van der Waals surface area contributed by atoms with Crippen LogP contribution in [0.4, 0.5) is 0 Å². The van der Waals surface area contributed by atoms with Gasteiger partial charge in [0.2, 0.25) is 5.91 Å². The first kappa shape index (κ1) is 20.6. The van der Waals surface area contributed by atoms with Crippen LogP contribution in [0.5, 0.6) is 5.75 Å². The van der Waals surface area contributed by atoms with Crippen molar-refractivity contribution in [1.29, 1.82) is 0 Å². The van der Waals surface area contributed by atoms with Gasteiger partial charge in [-0.3, -0.25) is 9.69 Å². The quantitative estimate of drug-likeness (QED) is 0.766. The van der Waals surface area contributed by atoms with E-state index in [0.29, 0.717) is 18.3 Å². The van der Waals surface area contributed by atoms with Crippen molar-refractivity contribution < 1.29 is 14.6 Å². The lowest BCUT2D eigenvalue weighted by molar-refractivity contribution is -0.127. The van der Waals surface area contributed by atoms with Crippen LogP contribution in [0.15, 0.2) is 24.3 Å². The molecule has 3 aliphatic heterocycles. The van der Waals surface area contributed by atoms with Crippen molar-refractivity contribution in [3.63, 3.8) is 0 Å². The molecule has 160 valence electrons. The lowest BCUT2D eigenvalue weighted by Crippen LogP contribution is -2.49. The highest BCUT2D eigenvalue weighted by atomic mass is 16.5. The van der Waals surface area contributed by atoms with E-state index in [0.717, 1.165) is 65.0 Å². The number of nitrogens with zero attached hydrogens (tertiary/aromatic N) is 2. The predicted molar refractivity (Wildman–Crippen MR) is 113 cm³/mol. The first-order valence-electron chi connectivity index (χ1n) is 11.3. The summed E-state index contributed by atoms with van der Waals surface area (Å²) in [5.74, 6) is 0.736. The Kier molecular flexibility index (Phi) is 7.06. The zero-order chi connectivity index (χ0) is 20.1.